The van der Waals surface area contributed by atoms with Crippen LogP contribution in [0.5, 0.6) is 0 Å². The van der Waals surface area contributed by atoms with Gasteiger partial charge in [0.25, 0.3) is 0 Å². The summed E-state index contributed by atoms with van der Waals surface area (Å²) in [7, 11) is 0. The predicted octanol–water partition coefficient (Wildman–Crippen LogP) is 0.985. The van der Waals surface area contributed by atoms with Gasteiger partial charge < -0.3 is 10.6 Å². The molecule has 0 aliphatic carbocycles. The van der Waals surface area contributed by atoms with Crippen LogP contribution in [0.1, 0.15) is 33.1 Å². The molecule has 0 saturated carbocycles. The topological polar surface area (TPSA) is 58.2 Å². The Balaban J connectivity index is 3.18. The van der Waals surface area contributed by atoms with Gasteiger partial charge in [0.15, 0.2) is 0 Å². The van der Waals surface area contributed by atoms with Gasteiger partial charge in [-0.15, -0.1) is 0 Å². The number of carbonyl (C=O) groups excluding carboxylic acids is 2. The van der Waals surface area contributed by atoms with Gasteiger partial charge in [-0.1, -0.05) is 6.08 Å². The molecule has 15 heavy (non-hydrogen) atoms. The SMILES string of the molecule is CC=CC(=O)NCCCCCNC(C)=O. The van der Waals surface area contributed by atoms with Gasteiger partial charge in [0.05, 0.1) is 0 Å². The van der Waals surface area contributed by atoms with Gasteiger partial charge in [0.1, 0.15) is 0 Å². The normalized spacial score (nSPS) is 10.3. The van der Waals surface area contributed by atoms with E-state index in [1.165, 1.54) is 13.0 Å². The smallest absolute Gasteiger partial charge is 0.243 e. The highest BCUT2D eigenvalue weighted by Gasteiger charge is 1.94. The largest absolute Gasteiger partial charge is 0.356 e. The Labute approximate surface area is 91.1 Å². The zero-order chi connectivity index (χ0) is 11.5. The fraction of sp³-hybridized carbons (Fsp3) is 0.636. The molecule has 0 aliphatic rings. The second-order valence-corrected chi connectivity index (χ2v) is 3.33. The Hall–Kier alpha value is -1.32. The van der Waals surface area contributed by atoms with Crippen molar-refractivity contribution < 1.29 is 9.59 Å². The molecule has 4 nitrogen and oxygen atoms in total. The third kappa shape index (κ3) is 10.6. The summed E-state index contributed by atoms with van der Waals surface area (Å²) in [6.07, 6.45) is 6.14. The van der Waals surface area contributed by atoms with Crippen molar-refractivity contribution >= 4 is 11.8 Å². The minimum Gasteiger partial charge on any atom is -0.356 e. The molecule has 0 saturated heterocycles. The van der Waals surface area contributed by atoms with Gasteiger partial charge in [-0.3, -0.25) is 9.59 Å². The van der Waals surface area contributed by atoms with E-state index in [-0.39, 0.29) is 11.8 Å². The van der Waals surface area contributed by atoms with Crippen molar-refractivity contribution in [1.82, 2.24) is 10.6 Å². The molecule has 0 atom stereocenters. The Morgan fingerprint density at radius 2 is 1.67 bits per heavy atom. The van der Waals surface area contributed by atoms with Crippen molar-refractivity contribution in [3.63, 3.8) is 0 Å². The van der Waals surface area contributed by atoms with Crippen LogP contribution in [0.3, 0.4) is 0 Å². The first-order chi connectivity index (χ1) is 7.16. The monoisotopic (exact) mass is 212 g/mol. The maximum Gasteiger partial charge on any atom is 0.243 e. The highest BCUT2D eigenvalue weighted by molar-refractivity contribution is 5.87. The Morgan fingerprint density at radius 1 is 1.07 bits per heavy atom. The molecule has 0 spiro atoms. The molecule has 0 unspecified atom stereocenters. The zero-order valence-electron chi connectivity index (χ0n) is 9.51. The first kappa shape index (κ1) is 13.7. The summed E-state index contributed by atoms with van der Waals surface area (Å²) in [4.78, 5) is 21.5. The number of amides is 2. The van der Waals surface area contributed by atoms with Crippen molar-refractivity contribution in [2.75, 3.05) is 13.1 Å². The van der Waals surface area contributed by atoms with Crippen LogP contribution < -0.4 is 10.6 Å². The van der Waals surface area contributed by atoms with Crippen molar-refractivity contribution in [2.45, 2.75) is 33.1 Å². The molecule has 0 aromatic rings. The summed E-state index contributed by atoms with van der Waals surface area (Å²) < 4.78 is 0. The van der Waals surface area contributed by atoms with Crippen LogP contribution in [0.15, 0.2) is 12.2 Å². The number of allylic oxidation sites excluding steroid dienone is 1. The van der Waals surface area contributed by atoms with E-state index in [0.29, 0.717) is 6.54 Å². The summed E-state index contributed by atoms with van der Waals surface area (Å²) in [5, 5.41) is 5.50. The van der Waals surface area contributed by atoms with Crippen LogP contribution in [-0.4, -0.2) is 24.9 Å². The van der Waals surface area contributed by atoms with Crippen molar-refractivity contribution in [3.05, 3.63) is 12.2 Å². The standard InChI is InChI=1S/C11H20N2O2/c1-3-7-11(15)13-9-6-4-5-8-12-10(2)14/h3,7H,4-6,8-9H2,1-2H3,(H,12,14)(H,13,15). The van der Waals surface area contributed by atoms with Crippen LogP contribution in [0.25, 0.3) is 0 Å². The molecule has 0 aliphatic heterocycles. The van der Waals surface area contributed by atoms with Crippen LogP contribution in [0.4, 0.5) is 0 Å². The van der Waals surface area contributed by atoms with Gasteiger partial charge in [-0.2, -0.15) is 0 Å². The summed E-state index contributed by atoms with van der Waals surface area (Å²) in [5.41, 5.74) is 0. The fourth-order valence-corrected chi connectivity index (χ4v) is 1.11. The number of carbonyl (C=O) groups is 2. The van der Waals surface area contributed by atoms with Crippen molar-refractivity contribution in [1.29, 1.82) is 0 Å². The number of unbranched alkanes of at least 4 members (excludes halogenated alkanes) is 2. The molecule has 0 aromatic carbocycles. The lowest BCUT2D eigenvalue weighted by Gasteiger charge is -2.03. The minimum absolute atomic E-state index is 0.0105. The Bertz CT molecular complexity index is 225. The first-order valence-electron chi connectivity index (χ1n) is 5.31. The van der Waals surface area contributed by atoms with Crippen LogP contribution in [-0.2, 0) is 9.59 Å². The average molecular weight is 212 g/mol. The van der Waals surface area contributed by atoms with Gasteiger partial charge in [0.2, 0.25) is 11.8 Å². The second-order valence-electron chi connectivity index (χ2n) is 3.33. The van der Waals surface area contributed by atoms with E-state index in [4.69, 9.17) is 0 Å². The number of hydrogen-bond donors (Lipinski definition) is 2. The van der Waals surface area contributed by atoms with Crippen molar-refractivity contribution in [2.24, 2.45) is 0 Å². The minimum atomic E-state index is -0.0423. The quantitative estimate of drug-likeness (QED) is 0.488. The molecule has 0 fully saturated rings. The molecule has 86 valence electrons. The number of rotatable bonds is 7. The van der Waals surface area contributed by atoms with Crippen molar-refractivity contribution in [3.8, 4) is 0 Å². The summed E-state index contributed by atoms with van der Waals surface area (Å²) in [5.74, 6) is -0.0317. The average Bonchev–Trinajstić information content (AvgIpc) is 2.16. The summed E-state index contributed by atoms with van der Waals surface area (Å²) in [6, 6.07) is 0. The van der Waals surface area contributed by atoms with E-state index in [1.54, 1.807) is 6.08 Å². The van der Waals surface area contributed by atoms with Gasteiger partial charge >= 0.3 is 0 Å². The van der Waals surface area contributed by atoms with Gasteiger partial charge in [0, 0.05) is 20.0 Å². The maximum atomic E-state index is 11.0. The predicted molar refractivity (Wildman–Crippen MR) is 60.4 cm³/mol. The third-order valence-corrected chi connectivity index (χ3v) is 1.84. The molecule has 4 heteroatoms. The highest BCUT2D eigenvalue weighted by Crippen LogP contribution is 1.92. The molecular formula is C11H20N2O2. The van der Waals surface area contributed by atoms with E-state index in [9.17, 15) is 9.59 Å². The lowest BCUT2D eigenvalue weighted by molar-refractivity contribution is -0.119. The fourth-order valence-electron chi connectivity index (χ4n) is 1.11. The Morgan fingerprint density at radius 3 is 2.20 bits per heavy atom. The van der Waals surface area contributed by atoms with E-state index in [2.05, 4.69) is 10.6 Å². The molecule has 0 heterocycles. The van der Waals surface area contributed by atoms with E-state index in [0.717, 1.165) is 25.8 Å². The van der Waals surface area contributed by atoms with Crippen LogP contribution in [0, 0.1) is 0 Å². The molecule has 0 radical (unpaired) electrons. The number of nitrogens with one attached hydrogen (secondary N) is 2. The maximum absolute atomic E-state index is 11.0. The number of hydrogen-bond acceptors (Lipinski definition) is 2. The molecule has 0 bridgehead atoms. The molecule has 2 N–H and O–H groups in total. The van der Waals surface area contributed by atoms with Gasteiger partial charge in [-0.05, 0) is 32.3 Å². The molecular weight excluding hydrogens is 192 g/mol. The Kier molecular flexibility index (Phi) is 8.43. The van der Waals surface area contributed by atoms with E-state index in [1.807, 2.05) is 6.92 Å². The lowest BCUT2D eigenvalue weighted by Crippen LogP contribution is -2.23. The van der Waals surface area contributed by atoms with E-state index >= 15 is 0 Å². The van der Waals surface area contributed by atoms with E-state index < -0.39 is 0 Å². The van der Waals surface area contributed by atoms with Crippen LogP contribution in [0.2, 0.25) is 0 Å². The summed E-state index contributed by atoms with van der Waals surface area (Å²) in [6.45, 7) is 4.74. The summed E-state index contributed by atoms with van der Waals surface area (Å²) >= 11 is 0. The zero-order valence-corrected chi connectivity index (χ0v) is 9.51. The molecule has 0 rings (SSSR count). The molecule has 2 amide bonds. The second kappa shape index (κ2) is 9.24. The van der Waals surface area contributed by atoms with Crippen LogP contribution >= 0.6 is 0 Å². The van der Waals surface area contributed by atoms with Gasteiger partial charge in [-0.25, -0.2) is 0 Å². The molecule has 0 aromatic heterocycles. The third-order valence-electron chi connectivity index (χ3n) is 1.84. The highest BCUT2D eigenvalue weighted by atomic mass is 16.2. The first-order valence-corrected chi connectivity index (χ1v) is 5.31. The lowest BCUT2D eigenvalue weighted by atomic mass is 10.2.